The number of aryl methyl sites for hydroxylation is 2. The van der Waals surface area contributed by atoms with E-state index >= 15 is 0 Å². The molecular formula is C22H22N4O3S. The number of rotatable bonds is 4. The van der Waals surface area contributed by atoms with E-state index in [2.05, 4.69) is 41.2 Å². The molecule has 0 radical (unpaired) electrons. The number of benzene rings is 1. The molecule has 1 N–H and O–H groups in total. The monoisotopic (exact) mass is 422 g/mol. The summed E-state index contributed by atoms with van der Waals surface area (Å²) >= 11 is 1.60. The lowest BCUT2D eigenvalue weighted by atomic mass is 10.1. The molecule has 1 amide bonds. The maximum atomic E-state index is 12.8. The first-order valence-corrected chi connectivity index (χ1v) is 10.8. The molecule has 0 bridgehead atoms. The van der Waals surface area contributed by atoms with Gasteiger partial charge in [-0.1, -0.05) is 23.5 Å². The van der Waals surface area contributed by atoms with Crippen LogP contribution in [0.5, 0.6) is 5.19 Å². The summed E-state index contributed by atoms with van der Waals surface area (Å²) in [6.45, 7) is 5.44. The van der Waals surface area contributed by atoms with Crippen LogP contribution in [-0.4, -0.2) is 45.2 Å². The highest BCUT2D eigenvalue weighted by Gasteiger charge is 2.27. The van der Waals surface area contributed by atoms with Gasteiger partial charge < -0.3 is 14.1 Å². The van der Waals surface area contributed by atoms with Gasteiger partial charge in [0.1, 0.15) is 11.8 Å². The number of amides is 1. The summed E-state index contributed by atoms with van der Waals surface area (Å²) in [5.74, 6) is 0.587. The normalized spacial score (nSPS) is 15.1. The van der Waals surface area contributed by atoms with E-state index in [4.69, 9.17) is 9.15 Å². The molecule has 1 aromatic carbocycles. The number of nitrogens with zero attached hydrogens (tertiary/aromatic N) is 3. The summed E-state index contributed by atoms with van der Waals surface area (Å²) in [7, 11) is 0. The van der Waals surface area contributed by atoms with Crippen LogP contribution in [0.4, 0.5) is 0 Å². The number of H-pyrrole nitrogens is 1. The lowest BCUT2D eigenvalue weighted by molar-refractivity contribution is 0.0590. The molecule has 7 nitrogen and oxygen atoms in total. The summed E-state index contributed by atoms with van der Waals surface area (Å²) < 4.78 is 12.7. The van der Waals surface area contributed by atoms with Crippen LogP contribution < -0.4 is 4.74 Å². The summed E-state index contributed by atoms with van der Waals surface area (Å²) in [4.78, 5) is 19.3. The summed E-state index contributed by atoms with van der Waals surface area (Å²) in [6.07, 6.45) is 3.20. The molecular weight excluding hydrogens is 400 g/mol. The lowest BCUT2D eigenvalue weighted by Gasteiger charge is -2.31. The number of aromatic amines is 1. The van der Waals surface area contributed by atoms with Gasteiger partial charge in [0.15, 0.2) is 11.5 Å². The van der Waals surface area contributed by atoms with Gasteiger partial charge in [-0.3, -0.25) is 9.89 Å². The van der Waals surface area contributed by atoms with Gasteiger partial charge in [-0.05, 0) is 37.1 Å². The number of nitrogens with one attached hydrogen (secondary N) is 1. The Labute approximate surface area is 177 Å². The molecule has 0 saturated carbocycles. The van der Waals surface area contributed by atoms with E-state index in [1.54, 1.807) is 29.7 Å². The van der Waals surface area contributed by atoms with Crippen molar-refractivity contribution in [2.24, 2.45) is 0 Å². The van der Waals surface area contributed by atoms with Gasteiger partial charge in [-0.25, -0.2) is 4.98 Å². The Morgan fingerprint density at radius 1 is 1.23 bits per heavy atom. The molecule has 4 heterocycles. The largest absolute Gasteiger partial charge is 0.467 e. The quantitative estimate of drug-likeness (QED) is 0.520. The molecule has 0 spiro atoms. The number of likely N-dealkylation sites (tertiary alicyclic amines) is 1. The molecule has 1 saturated heterocycles. The average molecular weight is 423 g/mol. The predicted molar refractivity (Wildman–Crippen MR) is 115 cm³/mol. The molecule has 154 valence electrons. The molecule has 8 heteroatoms. The highest BCUT2D eigenvalue weighted by atomic mass is 32.1. The summed E-state index contributed by atoms with van der Waals surface area (Å²) in [6, 6.07) is 9.58. The Kier molecular flexibility index (Phi) is 4.78. The first kappa shape index (κ1) is 18.9. The van der Waals surface area contributed by atoms with Crippen molar-refractivity contribution in [3.63, 3.8) is 0 Å². The van der Waals surface area contributed by atoms with Gasteiger partial charge in [0.05, 0.1) is 16.5 Å². The number of fused-ring (bicyclic) bond motifs is 1. The molecule has 1 aliphatic heterocycles. The fourth-order valence-corrected chi connectivity index (χ4v) is 4.79. The Morgan fingerprint density at radius 3 is 2.77 bits per heavy atom. The highest BCUT2D eigenvalue weighted by molar-refractivity contribution is 7.20. The van der Waals surface area contributed by atoms with Crippen LogP contribution >= 0.6 is 11.3 Å². The maximum absolute atomic E-state index is 12.8. The third-order valence-electron chi connectivity index (χ3n) is 5.50. The zero-order valence-electron chi connectivity index (χ0n) is 16.8. The minimum absolute atomic E-state index is 0.0630. The van der Waals surface area contributed by atoms with Crippen LogP contribution in [0.25, 0.3) is 21.7 Å². The number of hydrogen-bond acceptors (Lipinski definition) is 6. The van der Waals surface area contributed by atoms with Crippen molar-refractivity contribution in [3.05, 3.63) is 53.4 Å². The molecule has 0 unspecified atom stereocenters. The minimum Gasteiger partial charge on any atom is -0.467 e. The number of ether oxygens (including phenoxy) is 1. The van der Waals surface area contributed by atoms with Crippen molar-refractivity contribution in [1.29, 1.82) is 0 Å². The first-order valence-electron chi connectivity index (χ1n) is 10.0. The number of hydrogen-bond donors (Lipinski definition) is 1. The van der Waals surface area contributed by atoms with Crippen LogP contribution in [0.3, 0.4) is 0 Å². The molecule has 1 aliphatic rings. The molecule has 1 fully saturated rings. The topological polar surface area (TPSA) is 84.2 Å². The van der Waals surface area contributed by atoms with Gasteiger partial charge >= 0.3 is 0 Å². The van der Waals surface area contributed by atoms with E-state index < -0.39 is 0 Å². The van der Waals surface area contributed by atoms with Crippen LogP contribution in [-0.2, 0) is 0 Å². The molecule has 3 aromatic heterocycles. The standard InChI is InChI=1S/C22H22N4O3S/c1-13-5-6-14(2)20-19(13)23-22(30-20)29-15-7-9-26(10-8-15)21(27)17-12-16(24-25-17)18-4-3-11-28-18/h3-6,11-12,15H,7-10H2,1-2H3,(H,24,25). The van der Waals surface area contributed by atoms with Gasteiger partial charge in [0.25, 0.3) is 11.1 Å². The molecule has 0 aliphatic carbocycles. The molecule has 4 aromatic rings. The second kappa shape index (κ2) is 7.60. The number of thiazole rings is 1. The first-order chi connectivity index (χ1) is 14.6. The number of carbonyl (C=O) groups excluding carboxylic acids is 1. The number of aromatic nitrogens is 3. The Balaban J connectivity index is 1.22. The van der Waals surface area contributed by atoms with E-state index in [9.17, 15) is 4.79 Å². The number of piperidine rings is 1. The molecule has 5 rings (SSSR count). The van der Waals surface area contributed by atoms with Crippen LogP contribution in [0.1, 0.15) is 34.5 Å². The van der Waals surface area contributed by atoms with Crippen molar-refractivity contribution in [1.82, 2.24) is 20.1 Å². The minimum atomic E-state index is -0.0752. The SMILES string of the molecule is Cc1ccc(C)c2sc(OC3CCN(C(=O)c4cc(-c5ccco5)[nH]n4)CC3)nc12. The Morgan fingerprint density at radius 2 is 2.03 bits per heavy atom. The van der Waals surface area contributed by atoms with E-state index in [-0.39, 0.29) is 12.0 Å². The summed E-state index contributed by atoms with van der Waals surface area (Å²) in [5.41, 5.74) is 4.50. The van der Waals surface area contributed by atoms with E-state index in [0.717, 1.165) is 23.9 Å². The average Bonchev–Trinajstić information content (AvgIpc) is 3.51. The Bertz CT molecular complexity index is 1150. The Hall–Kier alpha value is -3.13. The molecule has 30 heavy (non-hydrogen) atoms. The van der Waals surface area contributed by atoms with Crippen molar-refractivity contribution >= 4 is 27.5 Å². The third kappa shape index (κ3) is 3.47. The summed E-state index contributed by atoms with van der Waals surface area (Å²) in [5, 5.41) is 7.74. The van der Waals surface area contributed by atoms with Gasteiger partial charge in [-0.2, -0.15) is 5.10 Å². The van der Waals surface area contributed by atoms with Crippen molar-refractivity contribution in [2.45, 2.75) is 32.8 Å². The van der Waals surface area contributed by atoms with E-state index in [0.29, 0.717) is 35.4 Å². The van der Waals surface area contributed by atoms with Crippen molar-refractivity contribution in [3.8, 4) is 16.6 Å². The highest BCUT2D eigenvalue weighted by Crippen LogP contribution is 2.33. The number of carbonyl (C=O) groups is 1. The predicted octanol–water partition coefficient (Wildman–Crippen LogP) is 4.58. The van der Waals surface area contributed by atoms with Crippen LogP contribution in [0.15, 0.2) is 41.0 Å². The van der Waals surface area contributed by atoms with Crippen molar-refractivity contribution in [2.75, 3.05) is 13.1 Å². The number of furan rings is 1. The van der Waals surface area contributed by atoms with Gasteiger partial charge in [0.2, 0.25) is 0 Å². The zero-order chi connectivity index (χ0) is 20.7. The van der Waals surface area contributed by atoms with E-state index in [1.165, 1.54) is 10.3 Å². The second-order valence-corrected chi connectivity index (χ2v) is 8.57. The lowest BCUT2D eigenvalue weighted by Crippen LogP contribution is -2.41. The van der Waals surface area contributed by atoms with Crippen LogP contribution in [0.2, 0.25) is 0 Å². The maximum Gasteiger partial charge on any atom is 0.274 e. The fourth-order valence-electron chi connectivity index (χ4n) is 3.76. The van der Waals surface area contributed by atoms with Crippen LogP contribution in [0, 0.1) is 13.8 Å². The smallest absolute Gasteiger partial charge is 0.274 e. The fraction of sp³-hybridized carbons (Fsp3) is 0.318. The zero-order valence-corrected chi connectivity index (χ0v) is 17.7. The third-order valence-corrected chi connectivity index (χ3v) is 6.58. The van der Waals surface area contributed by atoms with Gasteiger partial charge in [0, 0.05) is 32.0 Å². The second-order valence-electron chi connectivity index (χ2n) is 7.61. The van der Waals surface area contributed by atoms with Crippen molar-refractivity contribution < 1.29 is 13.9 Å². The van der Waals surface area contributed by atoms with Gasteiger partial charge in [-0.15, -0.1) is 0 Å². The van der Waals surface area contributed by atoms with E-state index in [1.807, 2.05) is 11.0 Å². The molecule has 0 atom stereocenters.